The van der Waals surface area contributed by atoms with Gasteiger partial charge in [0.1, 0.15) is 10.6 Å². The largest absolute Gasteiger partial charge is 0.383 e. The van der Waals surface area contributed by atoms with E-state index in [1.807, 2.05) is 36.9 Å². The van der Waals surface area contributed by atoms with E-state index in [-0.39, 0.29) is 23.0 Å². The fraction of sp³-hybridized carbons (Fsp3) is 0.242. The summed E-state index contributed by atoms with van der Waals surface area (Å²) in [5.41, 5.74) is 11.7. The van der Waals surface area contributed by atoms with E-state index in [9.17, 15) is 4.79 Å². The number of carbonyl (C=O) groups is 1. The molecule has 3 aromatic carbocycles. The molecule has 0 aliphatic carbocycles. The van der Waals surface area contributed by atoms with Crippen molar-refractivity contribution in [1.29, 1.82) is 0 Å². The third-order valence-corrected chi connectivity index (χ3v) is 11.1. The minimum atomic E-state index is -0.0189. The van der Waals surface area contributed by atoms with Gasteiger partial charge in [-0.2, -0.15) is 0 Å². The molecular formula is C33H32N4OS3. The third kappa shape index (κ3) is 6.45. The molecule has 0 saturated carbocycles. The summed E-state index contributed by atoms with van der Waals surface area (Å²) in [5.74, 6) is 0.733. The molecule has 6 rings (SSSR count). The van der Waals surface area contributed by atoms with Crippen molar-refractivity contribution in [3.05, 3.63) is 118 Å². The first-order chi connectivity index (χ1) is 20.0. The van der Waals surface area contributed by atoms with E-state index < -0.39 is 0 Å². The van der Waals surface area contributed by atoms with Gasteiger partial charge in [0.25, 0.3) is 0 Å². The highest BCUT2D eigenvalue weighted by atomic mass is 32.2. The number of thiophene rings is 1. The number of benzene rings is 3. The Morgan fingerprint density at radius 1 is 0.976 bits per heavy atom. The molecular weight excluding hydrogens is 565 g/mol. The highest BCUT2D eigenvalue weighted by molar-refractivity contribution is 8.00. The predicted molar refractivity (Wildman–Crippen MR) is 174 cm³/mol. The molecule has 0 unspecified atom stereocenters. The monoisotopic (exact) mass is 596 g/mol. The van der Waals surface area contributed by atoms with Crippen molar-refractivity contribution in [2.24, 2.45) is 0 Å². The molecule has 0 saturated heterocycles. The Bertz CT molecular complexity index is 1630. The molecule has 5 nitrogen and oxygen atoms in total. The number of nitrogen functional groups attached to an aromatic ring is 1. The number of nitrogens with zero attached hydrogens (tertiary/aromatic N) is 2. The van der Waals surface area contributed by atoms with Gasteiger partial charge in [0.15, 0.2) is 5.16 Å². The Hall–Kier alpha value is -3.33. The summed E-state index contributed by atoms with van der Waals surface area (Å²) in [6, 6.07) is 31.8. The first kappa shape index (κ1) is 27.8. The fourth-order valence-corrected chi connectivity index (χ4v) is 9.03. The van der Waals surface area contributed by atoms with Crippen molar-refractivity contribution in [1.82, 2.24) is 15.3 Å². The molecule has 0 fully saturated rings. The Balaban J connectivity index is 1.20. The van der Waals surface area contributed by atoms with Gasteiger partial charge >= 0.3 is 0 Å². The van der Waals surface area contributed by atoms with Crippen molar-refractivity contribution in [2.75, 3.05) is 11.5 Å². The van der Waals surface area contributed by atoms with Crippen LogP contribution >= 0.6 is 34.9 Å². The van der Waals surface area contributed by atoms with Crippen LogP contribution in [-0.2, 0) is 17.6 Å². The second kappa shape index (κ2) is 12.7. The van der Waals surface area contributed by atoms with Gasteiger partial charge in [-0.3, -0.25) is 4.79 Å². The fourth-order valence-electron chi connectivity index (χ4n) is 5.29. The molecule has 2 aromatic heterocycles. The summed E-state index contributed by atoms with van der Waals surface area (Å²) < 4.78 is 0. The average molecular weight is 597 g/mol. The molecule has 5 aromatic rings. The quantitative estimate of drug-likeness (QED) is 0.135. The van der Waals surface area contributed by atoms with Crippen LogP contribution in [-0.4, -0.2) is 27.7 Å². The van der Waals surface area contributed by atoms with Gasteiger partial charge in [0, 0.05) is 16.2 Å². The molecule has 1 aliphatic rings. The number of nitrogens with one attached hydrogen (secondary N) is 1. The number of anilines is 1. The van der Waals surface area contributed by atoms with Crippen LogP contribution < -0.4 is 11.1 Å². The van der Waals surface area contributed by atoms with E-state index in [2.05, 4.69) is 83.1 Å². The van der Waals surface area contributed by atoms with E-state index >= 15 is 0 Å². The number of aryl methyl sites for hydroxylation is 1. The lowest BCUT2D eigenvalue weighted by atomic mass is 9.98. The van der Waals surface area contributed by atoms with Crippen molar-refractivity contribution >= 4 is 56.8 Å². The Kier molecular flexibility index (Phi) is 8.60. The van der Waals surface area contributed by atoms with Crippen LogP contribution in [0.2, 0.25) is 0 Å². The number of hydrogen-bond donors (Lipinski definition) is 2. The number of amides is 1. The number of thioether (sulfide) groups is 2. The molecule has 3 heterocycles. The minimum absolute atomic E-state index is 0.0189. The average Bonchev–Trinajstić information content (AvgIpc) is 3.39. The first-order valence-electron chi connectivity index (χ1n) is 13.9. The molecule has 0 bridgehead atoms. The predicted octanol–water partition coefficient (Wildman–Crippen LogP) is 7.62. The SMILES string of the molecule is C[C@@H](CCc1ccccc1)NC(=O)CSc1nc(N)c2c3c(sc2n1)[C@H](c1ccccc1)S[C@H](c1ccccc1)C3. The second-order valence-corrected chi connectivity index (χ2v) is 13.6. The van der Waals surface area contributed by atoms with E-state index in [0.717, 1.165) is 29.5 Å². The van der Waals surface area contributed by atoms with Crippen LogP contribution in [0.4, 0.5) is 5.82 Å². The number of rotatable bonds is 9. The van der Waals surface area contributed by atoms with Gasteiger partial charge in [-0.25, -0.2) is 9.97 Å². The van der Waals surface area contributed by atoms with Gasteiger partial charge in [0.05, 0.1) is 16.4 Å². The molecule has 41 heavy (non-hydrogen) atoms. The number of hydrogen-bond acceptors (Lipinski definition) is 7. The second-order valence-electron chi connectivity index (χ2n) is 10.3. The van der Waals surface area contributed by atoms with Gasteiger partial charge in [-0.1, -0.05) is 103 Å². The number of carbonyl (C=O) groups excluding carboxylic acids is 1. The lowest BCUT2D eigenvalue weighted by molar-refractivity contribution is -0.119. The lowest BCUT2D eigenvalue weighted by Gasteiger charge is -2.30. The Morgan fingerprint density at radius 3 is 2.34 bits per heavy atom. The number of aromatic nitrogens is 2. The summed E-state index contributed by atoms with van der Waals surface area (Å²) in [4.78, 5) is 24.4. The van der Waals surface area contributed by atoms with Crippen LogP contribution in [0.5, 0.6) is 0 Å². The van der Waals surface area contributed by atoms with Crippen LogP contribution in [0.25, 0.3) is 10.2 Å². The van der Waals surface area contributed by atoms with Gasteiger partial charge < -0.3 is 11.1 Å². The highest BCUT2D eigenvalue weighted by Crippen LogP contribution is 2.55. The number of fused-ring (bicyclic) bond motifs is 3. The van der Waals surface area contributed by atoms with E-state index in [1.165, 1.54) is 38.9 Å². The zero-order valence-corrected chi connectivity index (χ0v) is 25.3. The molecule has 3 N–H and O–H groups in total. The number of nitrogens with two attached hydrogens (primary N) is 1. The molecule has 8 heteroatoms. The summed E-state index contributed by atoms with van der Waals surface area (Å²) in [6.45, 7) is 2.05. The van der Waals surface area contributed by atoms with Crippen LogP contribution in [0.3, 0.4) is 0 Å². The van der Waals surface area contributed by atoms with Crippen LogP contribution in [0, 0.1) is 0 Å². The summed E-state index contributed by atoms with van der Waals surface area (Å²) in [6.07, 6.45) is 2.71. The summed E-state index contributed by atoms with van der Waals surface area (Å²) in [7, 11) is 0. The molecule has 0 radical (unpaired) electrons. The zero-order chi connectivity index (χ0) is 28.2. The minimum Gasteiger partial charge on any atom is -0.383 e. The van der Waals surface area contributed by atoms with Gasteiger partial charge in [0.2, 0.25) is 5.91 Å². The van der Waals surface area contributed by atoms with Crippen LogP contribution in [0.1, 0.15) is 51.0 Å². The zero-order valence-electron chi connectivity index (χ0n) is 22.8. The van der Waals surface area contributed by atoms with Crippen molar-refractivity contribution < 1.29 is 4.79 Å². The Morgan fingerprint density at radius 2 is 1.63 bits per heavy atom. The van der Waals surface area contributed by atoms with Crippen molar-refractivity contribution in [3.8, 4) is 0 Å². The molecule has 0 spiro atoms. The summed E-state index contributed by atoms with van der Waals surface area (Å²) >= 11 is 5.04. The highest BCUT2D eigenvalue weighted by Gasteiger charge is 2.34. The third-order valence-electron chi connectivity index (χ3n) is 7.34. The van der Waals surface area contributed by atoms with Crippen molar-refractivity contribution in [2.45, 2.75) is 47.9 Å². The smallest absolute Gasteiger partial charge is 0.230 e. The first-order valence-corrected chi connectivity index (χ1v) is 16.6. The normalized spacial score (nSPS) is 17.2. The Labute approximate surface area is 253 Å². The van der Waals surface area contributed by atoms with Gasteiger partial charge in [-0.15, -0.1) is 23.1 Å². The molecule has 1 amide bonds. The maximum Gasteiger partial charge on any atom is 0.230 e. The van der Waals surface area contributed by atoms with E-state index in [1.54, 1.807) is 11.3 Å². The molecule has 208 valence electrons. The summed E-state index contributed by atoms with van der Waals surface area (Å²) in [5, 5.41) is 5.13. The van der Waals surface area contributed by atoms with Gasteiger partial charge in [-0.05, 0) is 48.4 Å². The maximum absolute atomic E-state index is 12.7. The van der Waals surface area contributed by atoms with E-state index in [0.29, 0.717) is 16.2 Å². The van der Waals surface area contributed by atoms with E-state index in [4.69, 9.17) is 10.7 Å². The standard InChI is InChI=1S/C33H32N4OS3/c1-21(17-18-22-11-5-2-6-12-22)35-27(38)20-39-33-36-31(34)28-25-19-26(23-13-7-3-8-14-23)40-29(24-15-9-4-10-16-24)30(25)41-32(28)37-33/h2-16,21,26,29H,17-20H2,1H3,(H,35,38)(H2,34,36,37)/t21-,26-,29-/m0/s1. The maximum atomic E-state index is 12.7. The molecule has 3 atom stereocenters. The van der Waals surface area contributed by atoms with Crippen LogP contribution in [0.15, 0.2) is 96.2 Å². The lowest BCUT2D eigenvalue weighted by Crippen LogP contribution is -2.34. The van der Waals surface area contributed by atoms with Crippen molar-refractivity contribution in [3.63, 3.8) is 0 Å². The molecule has 1 aliphatic heterocycles. The topological polar surface area (TPSA) is 80.9 Å².